The van der Waals surface area contributed by atoms with Gasteiger partial charge in [-0.2, -0.15) is 13.2 Å². The van der Waals surface area contributed by atoms with Crippen LogP contribution in [0.15, 0.2) is 4.99 Å². The first kappa shape index (κ1) is 19.6. The Morgan fingerprint density at radius 3 is 2.36 bits per heavy atom. The van der Waals surface area contributed by atoms with E-state index in [9.17, 15) is 31.9 Å². The summed E-state index contributed by atoms with van der Waals surface area (Å²) in [6.07, 6.45) is -8.56. The first-order chi connectivity index (χ1) is 11.5. The molecule has 1 aromatic rings. The lowest BCUT2D eigenvalue weighted by Crippen LogP contribution is -2.23. The molecule has 2 rings (SSSR count). The maximum absolute atomic E-state index is 13.5. The van der Waals surface area contributed by atoms with Crippen LogP contribution in [0, 0.1) is 5.92 Å². The summed E-state index contributed by atoms with van der Waals surface area (Å²) in [7, 11) is 0. The monoisotopic (exact) mass is 382 g/mol. The van der Waals surface area contributed by atoms with Crippen molar-refractivity contribution in [2.75, 3.05) is 12.3 Å². The van der Waals surface area contributed by atoms with Gasteiger partial charge in [-0.3, -0.25) is 4.99 Å². The third-order valence-electron chi connectivity index (χ3n) is 3.43. The van der Waals surface area contributed by atoms with E-state index in [1.54, 1.807) is 13.8 Å². The van der Waals surface area contributed by atoms with Gasteiger partial charge in [0.2, 0.25) is 0 Å². The molecule has 0 aliphatic carbocycles. The Labute approximate surface area is 144 Å². The van der Waals surface area contributed by atoms with E-state index in [4.69, 9.17) is 0 Å². The molecule has 0 atom stereocenters. The topological polar surface area (TPSA) is 62.5 Å². The lowest BCUT2D eigenvalue weighted by atomic mass is 9.91. The fourth-order valence-electron chi connectivity index (χ4n) is 2.59. The summed E-state index contributed by atoms with van der Waals surface area (Å²) in [6.45, 7) is 3.60. The van der Waals surface area contributed by atoms with E-state index in [-0.39, 0.29) is 29.5 Å². The molecule has 138 valence electrons. The number of pyridine rings is 1. The molecule has 4 nitrogen and oxygen atoms in total. The lowest BCUT2D eigenvalue weighted by Gasteiger charge is -2.21. The lowest BCUT2D eigenvalue weighted by molar-refractivity contribution is -0.141. The molecule has 2 heterocycles. The number of nitrogens with zero attached hydrogens (tertiary/aromatic N) is 2. The number of carbonyl (C=O) groups is 1. The summed E-state index contributed by atoms with van der Waals surface area (Å²) in [4.78, 5) is 18.6. The summed E-state index contributed by atoms with van der Waals surface area (Å²) < 4.78 is 66.9. The second-order valence-corrected chi connectivity index (χ2v) is 6.89. The number of rotatable bonds is 5. The Kier molecular flexibility index (Phi) is 5.70. The van der Waals surface area contributed by atoms with Gasteiger partial charge in [0.1, 0.15) is 10.7 Å². The highest BCUT2D eigenvalue weighted by Gasteiger charge is 2.42. The van der Waals surface area contributed by atoms with Crippen LogP contribution in [0.3, 0.4) is 0 Å². The first-order valence-corrected chi connectivity index (χ1v) is 8.35. The zero-order valence-corrected chi connectivity index (χ0v) is 14.1. The highest BCUT2D eigenvalue weighted by molar-refractivity contribution is 8.14. The molecule has 1 aromatic heterocycles. The number of carboxylic acids is 1. The molecule has 0 fully saturated rings. The van der Waals surface area contributed by atoms with Gasteiger partial charge >= 0.3 is 12.1 Å². The summed E-state index contributed by atoms with van der Waals surface area (Å²) in [5, 5.41) is 9.37. The van der Waals surface area contributed by atoms with Crippen LogP contribution in [0.25, 0.3) is 0 Å². The summed E-state index contributed by atoms with van der Waals surface area (Å²) in [5.41, 5.74) is -4.49. The average Bonchev–Trinajstić information content (AvgIpc) is 2.97. The van der Waals surface area contributed by atoms with Crippen molar-refractivity contribution in [1.29, 1.82) is 0 Å². The van der Waals surface area contributed by atoms with Gasteiger partial charge in [0.05, 0.1) is 5.56 Å². The van der Waals surface area contributed by atoms with Crippen LogP contribution in [-0.4, -0.2) is 33.4 Å². The standard InChI is InChI=1S/C15H15F5N2O2S/c1-6(2)5-7-8(14(23)24)10(12(16)17)22-11(15(18,19)20)9(7)13-21-3-4-25-13/h6,12H,3-5H2,1-2H3,(H,23,24). The van der Waals surface area contributed by atoms with E-state index >= 15 is 0 Å². The van der Waals surface area contributed by atoms with Crippen LogP contribution in [0.5, 0.6) is 0 Å². The van der Waals surface area contributed by atoms with E-state index in [2.05, 4.69) is 9.98 Å². The zero-order chi connectivity index (χ0) is 18.9. The summed E-state index contributed by atoms with van der Waals surface area (Å²) in [6, 6.07) is 0. The average molecular weight is 382 g/mol. The van der Waals surface area contributed by atoms with Crippen molar-refractivity contribution < 1.29 is 31.9 Å². The number of aromatic nitrogens is 1. The fourth-order valence-corrected chi connectivity index (χ4v) is 3.51. The van der Waals surface area contributed by atoms with Crippen LogP contribution in [0.2, 0.25) is 0 Å². The molecule has 25 heavy (non-hydrogen) atoms. The van der Waals surface area contributed by atoms with Gasteiger partial charge in [-0.05, 0) is 17.9 Å². The van der Waals surface area contributed by atoms with Crippen molar-refractivity contribution in [2.45, 2.75) is 32.9 Å². The van der Waals surface area contributed by atoms with Crippen LogP contribution >= 0.6 is 11.8 Å². The molecule has 0 spiro atoms. The SMILES string of the molecule is CC(C)Cc1c(C(=O)O)c(C(F)F)nc(C(F)(F)F)c1C1=NCCS1. The third-order valence-corrected chi connectivity index (χ3v) is 4.42. The molecule has 0 amide bonds. The molecule has 0 aromatic carbocycles. The minimum Gasteiger partial charge on any atom is -0.478 e. The van der Waals surface area contributed by atoms with Gasteiger partial charge in [0, 0.05) is 17.9 Å². The van der Waals surface area contributed by atoms with Crippen molar-refractivity contribution >= 4 is 22.8 Å². The Hall–Kier alpha value is -1.71. The number of aliphatic imine (C=N–C) groups is 1. The number of carboxylic acid groups (broad SMARTS) is 1. The Balaban J connectivity index is 2.93. The smallest absolute Gasteiger partial charge is 0.434 e. The van der Waals surface area contributed by atoms with Crippen molar-refractivity contribution in [3.63, 3.8) is 0 Å². The molecular weight excluding hydrogens is 367 g/mol. The second kappa shape index (κ2) is 7.27. The minimum absolute atomic E-state index is 0.00112. The Morgan fingerprint density at radius 2 is 1.96 bits per heavy atom. The van der Waals surface area contributed by atoms with Gasteiger partial charge in [0.15, 0.2) is 5.69 Å². The van der Waals surface area contributed by atoms with Gasteiger partial charge in [-0.15, -0.1) is 11.8 Å². The number of aromatic carboxylic acids is 1. The molecule has 1 N–H and O–H groups in total. The number of hydrogen-bond donors (Lipinski definition) is 1. The molecular formula is C15H15F5N2O2S. The summed E-state index contributed by atoms with van der Waals surface area (Å²) >= 11 is 1.03. The maximum atomic E-state index is 13.5. The molecule has 0 radical (unpaired) electrons. The highest BCUT2D eigenvalue weighted by atomic mass is 32.2. The predicted octanol–water partition coefficient (Wildman–Crippen LogP) is 4.43. The van der Waals surface area contributed by atoms with E-state index in [1.165, 1.54) is 0 Å². The number of hydrogen-bond acceptors (Lipinski definition) is 4. The second-order valence-electron chi connectivity index (χ2n) is 5.81. The van der Waals surface area contributed by atoms with Gasteiger partial charge in [-0.1, -0.05) is 13.8 Å². The fraction of sp³-hybridized carbons (Fsp3) is 0.533. The van der Waals surface area contributed by atoms with Crippen molar-refractivity contribution in [2.24, 2.45) is 10.9 Å². The quantitative estimate of drug-likeness (QED) is 0.766. The zero-order valence-electron chi connectivity index (χ0n) is 13.3. The van der Waals surface area contributed by atoms with E-state index < -0.39 is 41.1 Å². The van der Waals surface area contributed by atoms with E-state index in [0.717, 1.165) is 11.8 Å². The van der Waals surface area contributed by atoms with Crippen molar-refractivity contribution in [3.8, 4) is 0 Å². The number of halogens is 5. The Morgan fingerprint density at radius 1 is 1.32 bits per heavy atom. The van der Waals surface area contributed by atoms with Crippen molar-refractivity contribution in [3.05, 3.63) is 28.1 Å². The van der Waals surface area contributed by atoms with E-state index in [0.29, 0.717) is 5.75 Å². The molecule has 10 heteroatoms. The van der Waals surface area contributed by atoms with Gasteiger partial charge in [0.25, 0.3) is 6.43 Å². The highest BCUT2D eigenvalue weighted by Crippen LogP contribution is 2.39. The molecule has 0 bridgehead atoms. The van der Waals surface area contributed by atoms with Crippen LogP contribution < -0.4 is 0 Å². The normalized spacial score (nSPS) is 15.2. The maximum Gasteiger partial charge on any atom is 0.434 e. The van der Waals surface area contributed by atoms with E-state index in [1.807, 2.05) is 0 Å². The minimum atomic E-state index is -5.01. The van der Waals surface area contributed by atoms with Gasteiger partial charge < -0.3 is 5.11 Å². The van der Waals surface area contributed by atoms with Crippen LogP contribution in [0.4, 0.5) is 22.0 Å². The van der Waals surface area contributed by atoms with Gasteiger partial charge in [-0.25, -0.2) is 18.6 Å². The first-order valence-electron chi connectivity index (χ1n) is 7.37. The molecule has 0 saturated heterocycles. The Bertz CT molecular complexity index is 717. The van der Waals surface area contributed by atoms with Crippen molar-refractivity contribution in [1.82, 2.24) is 4.98 Å². The molecule has 1 aliphatic heterocycles. The number of alkyl halides is 5. The largest absolute Gasteiger partial charge is 0.478 e. The molecule has 0 unspecified atom stereocenters. The molecule has 0 saturated carbocycles. The summed E-state index contributed by atoms with van der Waals surface area (Å²) in [5.74, 6) is -1.54. The van der Waals surface area contributed by atoms with Crippen LogP contribution in [-0.2, 0) is 12.6 Å². The number of thioether (sulfide) groups is 1. The molecule has 1 aliphatic rings. The van der Waals surface area contributed by atoms with Crippen LogP contribution in [0.1, 0.15) is 53.1 Å². The third kappa shape index (κ3) is 4.10. The predicted molar refractivity (Wildman–Crippen MR) is 83.6 cm³/mol.